The van der Waals surface area contributed by atoms with Gasteiger partial charge in [0.05, 0.1) is 23.9 Å². The van der Waals surface area contributed by atoms with E-state index in [9.17, 15) is 39.6 Å². The Labute approximate surface area is 310 Å². The normalized spacial score (nSPS) is 11.3. The zero-order valence-corrected chi connectivity index (χ0v) is 36.0. The van der Waals surface area contributed by atoms with Gasteiger partial charge < -0.3 is 39.6 Å². The van der Waals surface area contributed by atoms with Crippen LogP contribution in [-0.4, -0.2) is 45.0 Å². The fourth-order valence-corrected chi connectivity index (χ4v) is 10.4. The third-order valence-corrected chi connectivity index (χ3v) is 14.1. The molecule has 0 fully saturated rings. The van der Waals surface area contributed by atoms with Crippen molar-refractivity contribution in [2.45, 2.75) is 204 Å². The van der Waals surface area contributed by atoms with Crippen LogP contribution in [0.15, 0.2) is 23.3 Å². The summed E-state index contributed by atoms with van der Waals surface area (Å²) < 4.78 is 3.39. The van der Waals surface area contributed by atoms with E-state index in [4.69, 9.17) is 0 Å². The van der Waals surface area contributed by atoms with Crippen molar-refractivity contribution in [2.75, 3.05) is 0 Å². The van der Waals surface area contributed by atoms with E-state index < -0.39 is 23.9 Å². The Morgan fingerprint density at radius 2 is 0.633 bits per heavy atom. The Morgan fingerprint density at radius 3 is 0.878 bits per heavy atom. The zero-order valence-electron chi connectivity index (χ0n) is 31.9. The number of aliphatic carboxylic acids is 4. The molecular weight excluding hydrogens is 727 g/mol. The van der Waals surface area contributed by atoms with Crippen molar-refractivity contribution in [1.82, 2.24) is 0 Å². The van der Waals surface area contributed by atoms with Crippen LogP contribution in [0.3, 0.4) is 0 Å². The second kappa shape index (κ2) is 42.3. The standard InChI is InChI=1S/2C12H20O4.2C8H17.Sn.2H/c2*1-2-3-4-5-6-7-8-10(12(15)16)9-11(13)14;2*1-3-5-7-8-6-4-2;;;/h2*9H,2-8H2,1H3,(H,13,14)(H,15,16);2*1,3-8H2,2H3;;;/q;;;;+4;;/p-4/b2*10-9-;;;;;. The van der Waals surface area contributed by atoms with Gasteiger partial charge in [-0.25, -0.2) is 0 Å². The summed E-state index contributed by atoms with van der Waals surface area (Å²) in [7, 11) is 0. The van der Waals surface area contributed by atoms with Crippen molar-refractivity contribution < 1.29 is 39.6 Å². The molecule has 8 nitrogen and oxygen atoms in total. The van der Waals surface area contributed by atoms with Gasteiger partial charge in [0, 0.05) is 0 Å². The molecule has 0 unspecified atom stereocenters. The molecule has 284 valence electrons. The van der Waals surface area contributed by atoms with Crippen molar-refractivity contribution in [2.24, 2.45) is 0 Å². The Balaban J connectivity index is -0.000000648. The Bertz CT molecular complexity index is 785. The summed E-state index contributed by atoms with van der Waals surface area (Å²) in [6.07, 6.45) is 31.9. The van der Waals surface area contributed by atoms with Gasteiger partial charge in [-0.05, 0) is 49.0 Å². The van der Waals surface area contributed by atoms with Gasteiger partial charge in [0.25, 0.3) is 0 Å². The summed E-state index contributed by atoms with van der Waals surface area (Å²) in [5, 5.41) is 41.5. The van der Waals surface area contributed by atoms with Gasteiger partial charge in [-0.1, -0.05) is 78.1 Å². The van der Waals surface area contributed by atoms with Gasteiger partial charge in [0.2, 0.25) is 0 Å². The van der Waals surface area contributed by atoms with E-state index in [-0.39, 0.29) is 45.1 Å². The van der Waals surface area contributed by atoms with E-state index in [1.807, 2.05) is 0 Å². The van der Waals surface area contributed by atoms with Crippen LogP contribution in [0.25, 0.3) is 0 Å². The van der Waals surface area contributed by atoms with Gasteiger partial charge >= 0.3 is 121 Å². The van der Waals surface area contributed by atoms with Gasteiger partial charge in [-0.2, -0.15) is 0 Å². The molecule has 0 saturated heterocycles. The van der Waals surface area contributed by atoms with Crippen LogP contribution in [0.5, 0.6) is 0 Å². The first-order chi connectivity index (χ1) is 23.6. The number of carbonyl (C=O) groups is 4. The maximum absolute atomic E-state index is 10.5. The molecule has 0 bridgehead atoms. The van der Waals surface area contributed by atoms with E-state index >= 15 is 0 Å². The van der Waals surface area contributed by atoms with Crippen molar-refractivity contribution >= 4 is 45.0 Å². The van der Waals surface area contributed by atoms with E-state index in [1.54, 1.807) is 21.7 Å². The molecule has 49 heavy (non-hydrogen) atoms. The molecule has 0 saturated carbocycles. The summed E-state index contributed by atoms with van der Waals surface area (Å²) in [4.78, 5) is 41.5. The van der Waals surface area contributed by atoms with Crippen LogP contribution in [0.2, 0.25) is 8.87 Å². The van der Waals surface area contributed by atoms with Gasteiger partial charge in [-0.3, -0.25) is 0 Å². The van der Waals surface area contributed by atoms with Gasteiger partial charge in [-0.15, -0.1) is 0 Å². The Kier molecular flexibility index (Phi) is 44.5. The van der Waals surface area contributed by atoms with E-state index in [0.29, 0.717) is 25.0 Å². The first-order valence-electron chi connectivity index (χ1n) is 19.8. The number of carbonyl (C=O) groups excluding carboxylic acids is 4. The van der Waals surface area contributed by atoms with Crippen LogP contribution >= 0.6 is 0 Å². The van der Waals surface area contributed by atoms with E-state index in [0.717, 1.165) is 51.4 Å². The van der Waals surface area contributed by atoms with Crippen LogP contribution in [0, 0.1) is 0 Å². The minimum atomic E-state index is -1.48. The first-order valence-corrected chi connectivity index (χ1v) is 25.5. The van der Waals surface area contributed by atoms with Crippen molar-refractivity contribution in [3.05, 3.63) is 23.3 Å². The fourth-order valence-electron chi connectivity index (χ4n) is 5.39. The monoisotopic (exact) mass is 800 g/mol. The second-order valence-corrected chi connectivity index (χ2v) is 19.2. The molecule has 0 aliphatic heterocycles. The van der Waals surface area contributed by atoms with E-state index in [2.05, 4.69) is 27.7 Å². The van der Waals surface area contributed by atoms with Crippen LogP contribution < -0.4 is 20.4 Å². The summed E-state index contributed by atoms with van der Waals surface area (Å²) in [6, 6.07) is 0. The molecule has 0 amide bonds. The van der Waals surface area contributed by atoms with Gasteiger partial charge in [0.15, 0.2) is 0 Å². The van der Waals surface area contributed by atoms with Crippen molar-refractivity contribution in [3.63, 3.8) is 0 Å². The Morgan fingerprint density at radius 1 is 0.388 bits per heavy atom. The first kappa shape index (κ1) is 51.5. The summed E-state index contributed by atoms with van der Waals surface area (Å²) in [6.45, 7) is 8.85. The van der Waals surface area contributed by atoms with Crippen LogP contribution in [-0.2, 0) is 19.2 Å². The molecule has 0 N–H and O–H groups in total. The molecule has 9 heteroatoms. The molecule has 0 aromatic carbocycles. The number of unbranched alkanes of at least 4 members (excludes halogenated alkanes) is 20. The minimum absolute atomic E-state index is 0.185. The number of carboxylic acid groups (broad SMARTS) is 4. The number of carboxylic acids is 4. The van der Waals surface area contributed by atoms with Gasteiger partial charge in [0.1, 0.15) is 0 Å². The van der Waals surface area contributed by atoms with Crippen LogP contribution in [0.1, 0.15) is 195 Å². The average Bonchev–Trinajstić information content (AvgIpc) is 3.05. The molecule has 4 radical (unpaired) electrons. The summed E-state index contributed by atoms with van der Waals surface area (Å²) >= 11 is -0.259. The topological polar surface area (TPSA) is 161 Å². The quantitative estimate of drug-likeness (QED) is 0.0453. The predicted octanol–water partition coefficient (Wildman–Crippen LogP) is 6.04. The second-order valence-electron chi connectivity index (χ2n) is 13.2. The third-order valence-electron chi connectivity index (χ3n) is 8.41. The van der Waals surface area contributed by atoms with Crippen molar-refractivity contribution in [1.29, 1.82) is 0 Å². The molecule has 0 spiro atoms. The Hall–Kier alpha value is -1.84. The van der Waals surface area contributed by atoms with Crippen LogP contribution in [0.4, 0.5) is 0 Å². The summed E-state index contributed by atoms with van der Waals surface area (Å²) in [5.74, 6) is -5.80. The zero-order chi connectivity index (χ0) is 37.4. The SMILES string of the molecule is CCCCCCCC/C(=C/C(=O)[O-])C(=O)[O-].CCCCCCCC/C(=C/C(=O)[O-])C(=O)[O-].CCCCCCC[CH2][SnH2+4][CH2]CCCCCCC. The molecule has 0 aliphatic rings. The van der Waals surface area contributed by atoms with Crippen molar-refractivity contribution in [3.8, 4) is 0 Å². The van der Waals surface area contributed by atoms with E-state index in [1.165, 1.54) is 77.0 Å². The maximum atomic E-state index is 10.5. The fraction of sp³-hybridized carbons (Fsp3) is 0.800. The average molecular weight is 800 g/mol. The molecule has 0 rings (SSSR count). The molecule has 0 atom stereocenters. The molecular formula is C40H72O8Sn. The number of rotatable bonds is 32. The molecule has 0 heterocycles. The molecule has 0 aliphatic carbocycles. The predicted molar refractivity (Wildman–Crippen MR) is 197 cm³/mol. The number of hydrogen-bond acceptors (Lipinski definition) is 8. The molecule has 0 aromatic rings. The third kappa shape index (κ3) is 46.2. The molecule has 0 aromatic heterocycles. The number of hydrogen-bond donors (Lipinski definition) is 0. The summed E-state index contributed by atoms with van der Waals surface area (Å²) in [5.41, 5.74) is -0.369.